The molecular weight excluding hydrogens is 319 g/mol. The first kappa shape index (κ1) is 16.5. The summed E-state index contributed by atoms with van der Waals surface area (Å²) in [5.41, 5.74) is 7.85. The Hall–Kier alpha value is -2.31. The van der Waals surface area contributed by atoms with E-state index in [4.69, 9.17) is 5.73 Å². The maximum Gasteiger partial charge on any atom is 0.573 e. The van der Waals surface area contributed by atoms with Gasteiger partial charge in [0.25, 0.3) is 0 Å². The van der Waals surface area contributed by atoms with Crippen LogP contribution in [-0.4, -0.2) is 16.3 Å². The molecule has 0 saturated heterocycles. The summed E-state index contributed by atoms with van der Waals surface area (Å²) in [5, 5.41) is 0. The first-order valence-corrected chi connectivity index (χ1v) is 7.91. The Labute approximate surface area is 137 Å². The summed E-state index contributed by atoms with van der Waals surface area (Å²) in [6.45, 7) is 0. The average molecular weight is 337 g/mol. The fraction of sp³-hybridized carbons (Fsp3) is 0.412. The number of nitrogens with zero attached hydrogens (tertiary/aromatic N) is 2. The number of ether oxygens (including phenoxy) is 1. The van der Waals surface area contributed by atoms with Crippen molar-refractivity contribution in [2.45, 2.75) is 44.4 Å². The molecular formula is C17H18F3N3O. The highest BCUT2D eigenvalue weighted by Crippen LogP contribution is 2.38. The van der Waals surface area contributed by atoms with E-state index in [-0.39, 0.29) is 17.6 Å². The Morgan fingerprint density at radius 3 is 2.58 bits per heavy atom. The zero-order valence-corrected chi connectivity index (χ0v) is 13.0. The quantitative estimate of drug-likeness (QED) is 0.884. The van der Waals surface area contributed by atoms with Gasteiger partial charge in [0, 0.05) is 17.7 Å². The van der Waals surface area contributed by atoms with Crippen molar-refractivity contribution in [1.82, 2.24) is 9.97 Å². The molecule has 1 aromatic heterocycles. The third-order valence-corrected chi connectivity index (χ3v) is 4.21. The average Bonchev–Trinajstić information content (AvgIpc) is 2.54. The minimum absolute atomic E-state index is 0.182. The molecule has 1 aliphatic carbocycles. The summed E-state index contributed by atoms with van der Waals surface area (Å²) in [6.07, 6.45) is 2.30. The number of hydrogen-bond acceptors (Lipinski definition) is 4. The molecule has 7 heteroatoms. The van der Waals surface area contributed by atoms with Crippen molar-refractivity contribution in [1.29, 1.82) is 0 Å². The number of halogens is 3. The molecule has 0 bridgehead atoms. The zero-order chi connectivity index (χ0) is 17.2. The van der Waals surface area contributed by atoms with Crippen molar-refractivity contribution in [2.24, 2.45) is 0 Å². The lowest BCUT2D eigenvalue weighted by Gasteiger charge is -2.23. The van der Waals surface area contributed by atoms with E-state index in [1.54, 1.807) is 12.3 Å². The van der Waals surface area contributed by atoms with Crippen molar-refractivity contribution in [2.75, 3.05) is 5.73 Å². The Bertz CT molecular complexity index is 712. The number of nitrogens with two attached hydrogens (primary N) is 1. The predicted molar refractivity (Wildman–Crippen MR) is 84.4 cm³/mol. The summed E-state index contributed by atoms with van der Waals surface area (Å²) >= 11 is 0. The minimum Gasteiger partial charge on any atom is -0.406 e. The van der Waals surface area contributed by atoms with Gasteiger partial charge in [-0.15, -0.1) is 13.2 Å². The van der Waals surface area contributed by atoms with E-state index in [0.717, 1.165) is 31.4 Å². The van der Waals surface area contributed by atoms with E-state index in [1.807, 2.05) is 0 Å². The van der Waals surface area contributed by atoms with Gasteiger partial charge in [-0.3, -0.25) is 0 Å². The number of nitrogen functional groups attached to an aromatic ring is 1. The lowest BCUT2D eigenvalue weighted by Crippen LogP contribution is -2.17. The normalized spacial score (nSPS) is 16.1. The minimum atomic E-state index is -4.72. The highest BCUT2D eigenvalue weighted by molar-refractivity contribution is 5.67. The van der Waals surface area contributed by atoms with Gasteiger partial charge in [-0.05, 0) is 30.5 Å². The number of aromatic nitrogens is 2. The Morgan fingerprint density at radius 2 is 1.88 bits per heavy atom. The lowest BCUT2D eigenvalue weighted by atomic mass is 9.84. The third kappa shape index (κ3) is 3.96. The maximum absolute atomic E-state index is 12.4. The number of anilines is 1. The maximum atomic E-state index is 12.4. The van der Waals surface area contributed by atoms with Crippen LogP contribution in [-0.2, 0) is 0 Å². The Kier molecular flexibility index (Phi) is 4.59. The van der Waals surface area contributed by atoms with Crippen LogP contribution in [0.25, 0.3) is 11.1 Å². The Morgan fingerprint density at radius 1 is 1.12 bits per heavy atom. The first-order chi connectivity index (χ1) is 11.4. The molecule has 1 saturated carbocycles. The molecule has 0 atom stereocenters. The van der Waals surface area contributed by atoms with E-state index in [1.165, 1.54) is 24.6 Å². The zero-order valence-electron chi connectivity index (χ0n) is 13.0. The smallest absolute Gasteiger partial charge is 0.406 e. The largest absolute Gasteiger partial charge is 0.573 e. The number of benzene rings is 1. The topological polar surface area (TPSA) is 61.0 Å². The molecule has 3 rings (SSSR count). The van der Waals surface area contributed by atoms with Crippen molar-refractivity contribution >= 4 is 5.95 Å². The third-order valence-electron chi connectivity index (χ3n) is 4.21. The monoisotopic (exact) mass is 337 g/mol. The molecule has 0 aliphatic heterocycles. The lowest BCUT2D eigenvalue weighted by molar-refractivity contribution is -0.274. The van der Waals surface area contributed by atoms with Crippen molar-refractivity contribution < 1.29 is 17.9 Å². The fourth-order valence-electron chi connectivity index (χ4n) is 3.18. The molecule has 128 valence electrons. The van der Waals surface area contributed by atoms with Crippen molar-refractivity contribution in [3.05, 3.63) is 36.2 Å². The molecule has 24 heavy (non-hydrogen) atoms. The van der Waals surface area contributed by atoms with E-state index in [0.29, 0.717) is 11.1 Å². The first-order valence-electron chi connectivity index (χ1n) is 7.91. The van der Waals surface area contributed by atoms with Gasteiger partial charge in [0.05, 0.1) is 5.69 Å². The molecule has 1 heterocycles. The van der Waals surface area contributed by atoms with Crippen molar-refractivity contribution in [3.8, 4) is 16.9 Å². The van der Waals surface area contributed by atoms with E-state index in [2.05, 4.69) is 14.7 Å². The van der Waals surface area contributed by atoms with Crippen LogP contribution < -0.4 is 10.5 Å². The van der Waals surface area contributed by atoms with Crippen LogP contribution in [0.15, 0.2) is 30.5 Å². The molecule has 1 fully saturated rings. The van der Waals surface area contributed by atoms with E-state index in [9.17, 15) is 13.2 Å². The molecule has 0 unspecified atom stereocenters. The fourth-order valence-corrected chi connectivity index (χ4v) is 3.18. The van der Waals surface area contributed by atoms with Gasteiger partial charge in [0.2, 0.25) is 5.95 Å². The summed E-state index contributed by atoms with van der Waals surface area (Å²) in [4.78, 5) is 8.40. The summed E-state index contributed by atoms with van der Waals surface area (Å²) < 4.78 is 41.3. The molecule has 0 spiro atoms. The van der Waals surface area contributed by atoms with Gasteiger partial charge in [0.1, 0.15) is 5.75 Å². The van der Waals surface area contributed by atoms with Crippen LogP contribution in [0.4, 0.5) is 19.1 Å². The summed E-state index contributed by atoms with van der Waals surface area (Å²) in [7, 11) is 0. The standard InChI is InChI=1S/C17H18F3N3O/c18-17(19,20)24-13-8-4-7-12(9-13)14-10-22-16(21)23-15(14)11-5-2-1-3-6-11/h4,7-11H,1-3,5-6H2,(H2,21,22,23). The van der Waals surface area contributed by atoms with Gasteiger partial charge in [0.15, 0.2) is 0 Å². The van der Waals surface area contributed by atoms with Crippen LogP contribution in [0, 0.1) is 0 Å². The second-order valence-corrected chi connectivity index (χ2v) is 5.94. The van der Waals surface area contributed by atoms with E-state index >= 15 is 0 Å². The predicted octanol–water partition coefficient (Wildman–Crippen LogP) is 4.67. The molecule has 0 amide bonds. The molecule has 1 aromatic carbocycles. The van der Waals surface area contributed by atoms with Gasteiger partial charge >= 0.3 is 6.36 Å². The van der Waals surface area contributed by atoms with E-state index < -0.39 is 6.36 Å². The molecule has 4 nitrogen and oxygen atoms in total. The van der Waals surface area contributed by atoms with Gasteiger partial charge in [-0.2, -0.15) is 0 Å². The van der Waals surface area contributed by atoms with Crippen LogP contribution in [0.1, 0.15) is 43.7 Å². The van der Waals surface area contributed by atoms with Gasteiger partial charge < -0.3 is 10.5 Å². The molecule has 0 radical (unpaired) electrons. The summed E-state index contributed by atoms with van der Waals surface area (Å²) in [5.74, 6) is 0.180. The number of rotatable bonds is 3. The molecule has 2 aromatic rings. The second kappa shape index (κ2) is 6.67. The van der Waals surface area contributed by atoms with Crippen LogP contribution in [0.3, 0.4) is 0 Å². The van der Waals surface area contributed by atoms with Crippen molar-refractivity contribution in [3.63, 3.8) is 0 Å². The Balaban J connectivity index is 1.98. The molecule has 2 N–H and O–H groups in total. The number of hydrogen-bond donors (Lipinski definition) is 1. The van der Waals surface area contributed by atoms with Crippen LogP contribution >= 0.6 is 0 Å². The molecule has 1 aliphatic rings. The van der Waals surface area contributed by atoms with Crippen LogP contribution in [0.2, 0.25) is 0 Å². The van der Waals surface area contributed by atoms with Gasteiger partial charge in [-0.1, -0.05) is 31.4 Å². The second-order valence-electron chi connectivity index (χ2n) is 5.94. The highest BCUT2D eigenvalue weighted by Gasteiger charge is 2.31. The summed E-state index contributed by atoms with van der Waals surface area (Å²) in [6, 6.07) is 5.88. The van der Waals surface area contributed by atoms with Crippen LogP contribution in [0.5, 0.6) is 5.75 Å². The SMILES string of the molecule is Nc1ncc(-c2cccc(OC(F)(F)F)c2)c(C2CCCCC2)n1. The highest BCUT2D eigenvalue weighted by atomic mass is 19.4. The van der Waals surface area contributed by atoms with Gasteiger partial charge in [-0.25, -0.2) is 9.97 Å². The number of alkyl halides is 3.